The molecule has 0 aliphatic carbocycles. The van der Waals surface area contributed by atoms with Crippen molar-refractivity contribution in [3.05, 3.63) is 29.6 Å². The zero-order chi connectivity index (χ0) is 14.8. The lowest BCUT2D eigenvalue weighted by atomic mass is 10.1. The van der Waals surface area contributed by atoms with Crippen LogP contribution in [0.4, 0.5) is 4.39 Å². The van der Waals surface area contributed by atoms with E-state index in [1.54, 1.807) is 6.07 Å². The SMILES string of the molecule is COc1ccc(C(C)NCC2CCS(=O)(=O)C2)cc1F. The van der Waals surface area contributed by atoms with Crippen LogP contribution in [-0.4, -0.2) is 33.6 Å². The molecule has 1 aromatic rings. The van der Waals surface area contributed by atoms with E-state index in [9.17, 15) is 12.8 Å². The Morgan fingerprint density at radius 3 is 2.80 bits per heavy atom. The summed E-state index contributed by atoms with van der Waals surface area (Å²) in [6, 6.07) is 4.83. The molecule has 1 fully saturated rings. The molecule has 2 rings (SSSR count). The van der Waals surface area contributed by atoms with Gasteiger partial charge in [0.05, 0.1) is 18.6 Å². The number of rotatable bonds is 5. The lowest BCUT2D eigenvalue weighted by Gasteiger charge is -2.17. The summed E-state index contributed by atoms with van der Waals surface area (Å²) in [7, 11) is -1.41. The molecule has 1 N–H and O–H groups in total. The minimum Gasteiger partial charge on any atom is -0.494 e. The van der Waals surface area contributed by atoms with Crippen LogP contribution in [0.3, 0.4) is 0 Å². The minimum atomic E-state index is -2.84. The Balaban J connectivity index is 1.92. The molecule has 0 amide bonds. The van der Waals surface area contributed by atoms with Gasteiger partial charge < -0.3 is 10.1 Å². The van der Waals surface area contributed by atoms with Crippen molar-refractivity contribution in [1.82, 2.24) is 5.32 Å². The topological polar surface area (TPSA) is 55.4 Å². The van der Waals surface area contributed by atoms with Gasteiger partial charge in [-0.3, -0.25) is 0 Å². The summed E-state index contributed by atoms with van der Waals surface area (Å²) in [5, 5.41) is 3.27. The standard InChI is InChI=1S/C14H20FNO3S/c1-10(12-3-4-14(19-2)13(15)7-12)16-8-11-5-6-20(17,18)9-11/h3-4,7,10-11,16H,5-6,8-9H2,1-2H3. The maximum Gasteiger partial charge on any atom is 0.165 e. The van der Waals surface area contributed by atoms with Crippen molar-refractivity contribution >= 4 is 9.84 Å². The van der Waals surface area contributed by atoms with Crippen LogP contribution in [0.5, 0.6) is 5.75 Å². The number of hydrogen-bond donors (Lipinski definition) is 1. The van der Waals surface area contributed by atoms with E-state index in [1.807, 2.05) is 13.0 Å². The van der Waals surface area contributed by atoms with Crippen molar-refractivity contribution < 1.29 is 17.5 Å². The highest BCUT2D eigenvalue weighted by Crippen LogP contribution is 2.23. The number of nitrogens with one attached hydrogen (secondary N) is 1. The Morgan fingerprint density at radius 1 is 1.50 bits per heavy atom. The van der Waals surface area contributed by atoms with Gasteiger partial charge in [-0.2, -0.15) is 0 Å². The van der Waals surface area contributed by atoms with E-state index in [1.165, 1.54) is 13.2 Å². The average molecular weight is 301 g/mol. The second-order valence-corrected chi connectivity index (χ2v) is 7.52. The first kappa shape index (κ1) is 15.3. The van der Waals surface area contributed by atoms with Gasteiger partial charge in [0.1, 0.15) is 0 Å². The average Bonchev–Trinajstić information content (AvgIpc) is 2.75. The number of methoxy groups -OCH3 is 1. The third kappa shape index (κ3) is 3.70. The maximum absolute atomic E-state index is 13.6. The van der Waals surface area contributed by atoms with E-state index >= 15 is 0 Å². The fourth-order valence-electron chi connectivity index (χ4n) is 2.45. The Morgan fingerprint density at radius 2 is 2.25 bits per heavy atom. The van der Waals surface area contributed by atoms with Gasteiger partial charge in [0.15, 0.2) is 21.4 Å². The molecule has 1 aromatic carbocycles. The van der Waals surface area contributed by atoms with Gasteiger partial charge in [-0.05, 0) is 43.5 Å². The van der Waals surface area contributed by atoms with Crippen molar-refractivity contribution in [1.29, 1.82) is 0 Å². The van der Waals surface area contributed by atoms with E-state index in [0.29, 0.717) is 13.0 Å². The molecule has 1 aliphatic heterocycles. The molecule has 1 heterocycles. The van der Waals surface area contributed by atoms with E-state index in [2.05, 4.69) is 5.32 Å². The lowest BCUT2D eigenvalue weighted by Crippen LogP contribution is -2.26. The quantitative estimate of drug-likeness (QED) is 0.903. The largest absolute Gasteiger partial charge is 0.494 e. The molecule has 6 heteroatoms. The van der Waals surface area contributed by atoms with Crippen LogP contribution in [0.25, 0.3) is 0 Å². The van der Waals surface area contributed by atoms with Gasteiger partial charge in [-0.25, -0.2) is 12.8 Å². The number of hydrogen-bond acceptors (Lipinski definition) is 4. The van der Waals surface area contributed by atoms with E-state index in [0.717, 1.165) is 5.56 Å². The molecule has 0 aromatic heterocycles. The summed E-state index contributed by atoms with van der Waals surface area (Å²) in [6.07, 6.45) is 0.707. The Bertz CT molecular complexity index is 574. The third-order valence-corrected chi connectivity index (χ3v) is 5.55. The first-order chi connectivity index (χ1) is 9.41. The van der Waals surface area contributed by atoms with Gasteiger partial charge in [0.25, 0.3) is 0 Å². The molecule has 112 valence electrons. The Kier molecular flexibility index (Phi) is 4.65. The normalized spacial score (nSPS) is 22.6. The fourth-order valence-corrected chi connectivity index (χ4v) is 4.31. The summed E-state index contributed by atoms with van der Waals surface area (Å²) < 4.78 is 41.3. The second kappa shape index (κ2) is 6.10. The fraction of sp³-hybridized carbons (Fsp3) is 0.571. The summed E-state index contributed by atoms with van der Waals surface area (Å²) in [5.74, 6) is 0.532. The predicted octanol–water partition coefficient (Wildman–Crippen LogP) is 1.92. The molecule has 2 unspecified atom stereocenters. The van der Waals surface area contributed by atoms with Crippen LogP contribution in [0.2, 0.25) is 0 Å². The monoisotopic (exact) mass is 301 g/mol. The third-order valence-electron chi connectivity index (χ3n) is 3.72. The van der Waals surface area contributed by atoms with Gasteiger partial charge in [0.2, 0.25) is 0 Å². The molecular weight excluding hydrogens is 281 g/mol. The van der Waals surface area contributed by atoms with Gasteiger partial charge in [0, 0.05) is 6.04 Å². The molecule has 0 bridgehead atoms. The molecule has 0 radical (unpaired) electrons. The zero-order valence-electron chi connectivity index (χ0n) is 11.7. The highest BCUT2D eigenvalue weighted by Gasteiger charge is 2.27. The number of benzene rings is 1. The predicted molar refractivity (Wildman–Crippen MR) is 76.1 cm³/mol. The molecular formula is C14H20FNO3S. The highest BCUT2D eigenvalue weighted by atomic mass is 32.2. The van der Waals surface area contributed by atoms with E-state index < -0.39 is 9.84 Å². The van der Waals surface area contributed by atoms with Crippen molar-refractivity contribution in [2.75, 3.05) is 25.2 Å². The Hall–Kier alpha value is -1.14. The van der Waals surface area contributed by atoms with E-state index in [4.69, 9.17) is 4.74 Å². The maximum atomic E-state index is 13.6. The number of ether oxygens (including phenoxy) is 1. The summed E-state index contributed by atoms with van der Waals surface area (Å²) in [4.78, 5) is 0. The van der Waals surface area contributed by atoms with E-state index in [-0.39, 0.29) is 35.0 Å². The van der Waals surface area contributed by atoms with Crippen LogP contribution in [-0.2, 0) is 9.84 Å². The molecule has 20 heavy (non-hydrogen) atoms. The number of sulfone groups is 1. The highest BCUT2D eigenvalue weighted by molar-refractivity contribution is 7.91. The zero-order valence-corrected chi connectivity index (χ0v) is 12.5. The van der Waals surface area contributed by atoms with Crippen LogP contribution in [0.1, 0.15) is 24.9 Å². The van der Waals surface area contributed by atoms with Crippen LogP contribution < -0.4 is 10.1 Å². The van der Waals surface area contributed by atoms with Crippen molar-refractivity contribution in [2.45, 2.75) is 19.4 Å². The van der Waals surface area contributed by atoms with Gasteiger partial charge >= 0.3 is 0 Å². The molecule has 4 nitrogen and oxygen atoms in total. The summed E-state index contributed by atoms with van der Waals surface area (Å²) in [6.45, 7) is 2.57. The summed E-state index contributed by atoms with van der Waals surface area (Å²) >= 11 is 0. The lowest BCUT2D eigenvalue weighted by molar-refractivity contribution is 0.385. The molecule has 2 atom stereocenters. The first-order valence-corrected chi connectivity index (χ1v) is 8.50. The molecule has 1 aliphatic rings. The van der Waals surface area contributed by atoms with Crippen molar-refractivity contribution in [3.63, 3.8) is 0 Å². The molecule has 1 saturated heterocycles. The van der Waals surface area contributed by atoms with Gasteiger partial charge in [-0.15, -0.1) is 0 Å². The van der Waals surface area contributed by atoms with Crippen LogP contribution in [0, 0.1) is 11.7 Å². The van der Waals surface area contributed by atoms with Gasteiger partial charge in [-0.1, -0.05) is 6.07 Å². The van der Waals surface area contributed by atoms with Crippen molar-refractivity contribution in [2.24, 2.45) is 5.92 Å². The van der Waals surface area contributed by atoms with Crippen molar-refractivity contribution in [3.8, 4) is 5.75 Å². The number of halogens is 1. The molecule has 0 spiro atoms. The minimum absolute atomic E-state index is 0.0290. The summed E-state index contributed by atoms with van der Waals surface area (Å²) in [5.41, 5.74) is 0.823. The molecule has 0 saturated carbocycles. The van der Waals surface area contributed by atoms with Crippen LogP contribution >= 0.6 is 0 Å². The Labute approximate surface area is 119 Å². The first-order valence-electron chi connectivity index (χ1n) is 6.68. The second-order valence-electron chi connectivity index (χ2n) is 5.29. The van der Waals surface area contributed by atoms with Crippen LogP contribution in [0.15, 0.2) is 18.2 Å². The smallest absolute Gasteiger partial charge is 0.165 e.